The Morgan fingerprint density at radius 3 is 2.90 bits per heavy atom. The highest BCUT2D eigenvalue weighted by Crippen LogP contribution is 2.23. The van der Waals surface area contributed by atoms with Gasteiger partial charge in [-0.25, -0.2) is 13.4 Å². The van der Waals surface area contributed by atoms with Crippen LogP contribution in [0.5, 0.6) is 0 Å². The molecule has 0 radical (unpaired) electrons. The average Bonchev–Trinajstić information content (AvgIpc) is 2.90. The summed E-state index contributed by atoms with van der Waals surface area (Å²) in [5.74, 6) is 0.276. The molecule has 1 aliphatic rings. The Kier molecular flexibility index (Phi) is 5.09. The minimum atomic E-state index is -3.48. The van der Waals surface area contributed by atoms with Crippen molar-refractivity contribution in [3.05, 3.63) is 23.9 Å². The number of nitrogens with zero attached hydrogens (tertiary/aromatic N) is 2. The fraction of sp³-hybridized carbons (Fsp3) is 0.615. The summed E-state index contributed by atoms with van der Waals surface area (Å²) in [6.45, 7) is 2.32. The van der Waals surface area contributed by atoms with E-state index >= 15 is 0 Å². The van der Waals surface area contributed by atoms with Crippen LogP contribution < -0.4 is 5.32 Å². The largest absolute Gasteiger partial charge is 0.384 e. The lowest BCUT2D eigenvalue weighted by molar-refractivity contribution is 0.157. The first kappa shape index (κ1) is 15.4. The summed E-state index contributed by atoms with van der Waals surface area (Å²) in [5, 5.41) is 3.12. The molecule has 1 unspecified atom stereocenters. The van der Waals surface area contributed by atoms with Gasteiger partial charge in [-0.3, -0.25) is 0 Å². The van der Waals surface area contributed by atoms with Crippen molar-refractivity contribution in [2.75, 3.05) is 33.9 Å². The number of hydrogen-bond donors (Lipinski definition) is 1. The van der Waals surface area contributed by atoms with E-state index in [4.69, 9.17) is 4.74 Å². The Labute approximate surface area is 120 Å². The third-order valence-electron chi connectivity index (χ3n) is 3.43. The quantitative estimate of drug-likeness (QED) is 0.826. The van der Waals surface area contributed by atoms with E-state index in [9.17, 15) is 8.42 Å². The van der Waals surface area contributed by atoms with Gasteiger partial charge in [0.15, 0.2) is 5.03 Å². The number of pyridine rings is 1. The van der Waals surface area contributed by atoms with Crippen LogP contribution in [0.2, 0.25) is 0 Å². The SMILES string of the molecule is CNCc1ccc(S(=O)(=O)N2CCC(COC)C2)nc1. The molecule has 1 N–H and O–H groups in total. The van der Waals surface area contributed by atoms with Crippen molar-refractivity contribution in [1.29, 1.82) is 0 Å². The van der Waals surface area contributed by atoms with E-state index < -0.39 is 10.0 Å². The molecule has 1 aromatic rings. The highest BCUT2D eigenvalue weighted by atomic mass is 32.2. The monoisotopic (exact) mass is 299 g/mol. The van der Waals surface area contributed by atoms with Crippen molar-refractivity contribution in [2.45, 2.75) is 18.0 Å². The van der Waals surface area contributed by atoms with Gasteiger partial charge in [0, 0.05) is 32.9 Å². The fourth-order valence-electron chi connectivity index (χ4n) is 2.39. The van der Waals surface area contributed by atoms with E-state index in [2.05, 4.69) is 10.3 Å². The third kappa shape index (κ3) is 3.35. The van der Waals surface area contributed by atoms with Crippen molar-refractivity contribution in [3.8, 4) is 0 Å². The fourth-order valence-corrected chi connectivity index (χ4v) is 3.83. The molecule has 20 heavy (non-hydrogen) atoms. The Morgan fingerprint density at radius 1 is 1.50 bits per heavy atom. The van der Waals surface area contributed by atoms with Crippen LogP contribution in [0.3, 0.4) is 0 Å². The number of sulfonamides is 1. The molecule has 0 saturated carbocycles. The van der Waals surface area contributed by atoms with E-state index in [1.165, 1.54) is 4.31 Å². The van der Waals surface area contributed by atoms with E-state index in [0.717, 1.165) is 12.0 Å². The zero-order valence-electron chi connectivity index (χ0n) is 11.9. The number of nitrogens with one attached hydrogen (secondary N) is 1. The summed E-state index contributed by atoms with van der Waals surface area (Å²) in [7, 11) is 0.000847. The smallest absolute Gasteiger partial charge is 0.260 e. The number of ether oxygens (including phenoxy) is 1. The summed E-state index contributed by atoms with van der Waals surface area (Å²) >= 11 is 0. The number of hydrogen-bond acceptors (Lipinski definition) is 5. The van der Waals surface area contributed by atoms with Gasteiger partial charge in [0.2, 0.25) is 0 Å². The molecule has 0 aliphatic carbocycles. The molecule has 2 rings (SSSR count). The van der Waals surface area contributed by atoms with Crippen LogP contribution >= 0.6 is 0 Å². The van der Waals surface area contributed by atoms with Crippen LogP contribution in [0.1, 0.15) is 12.0 Å². The van der Waals surface area contributed by atoms with E-state index in [1.807, 2.05) is 7.05 Å². The van der Waals surface area contributed by atoms with Gasteiger partial charge in [0.1, 0.15) is 0 Å². The maximum atomic E-state index is 12.5. The Morgan fingerprint density at radius 2 is 2.30 bits per heavy atom. The molecule has 0 spiro atoms. The molecule has 7 heteroatoms. The lowest BCUT2D eigenvalue weighted by Crippen LogP contribution is -2.30. The first-order valence-electron chi connectivity index (χ1n) is 6.66. The number of aromatic nitrogens is 1. The van der Waals surface area contributed by atoms with Crippen LogP contribution in [0, 0.1) is 5.92 Å². The normalized spacial score (nSPS) is 20.4. The molecule has 1 fully saturated rings. The first-order chi connectivity index (χ1) is 9.57. The van der Waals surface area contributed by atoms with Crippen molar-refractivity contribution in [2.24, 2.45) is 5.92 Å². The Bertz CT molecular complexity index is 530. The lowest BCUT2D eigenvalue weighted by atomic mass is 10.1. The molecule has 0 aromatic carbocycles. The molecule has 1 saturated heterocycles. The van der Waals surface area contributed by atoms with Crippen LogP contribution in [-0.2, 0) is 21.3 Å². The standard InChI is InChI=1S/C13H21N3O3S/c1-14-7-11-3-4-13(15-8-11)20(17,18)16-6-5-12(9-16)10-19-2/h3-4,8,12,14H,5-7,9-10H2,1-2H3. The highest BCUT2D eigenvalue weighted by molar-refractivity contribution is 7.89. The molecule has 1 aromatic heterocycles. The van der Waals surface area contributed by atoms with Gasteiger partial charge < -0.3 is 10.1 Å². The van der Waals surface area contributed by atoms with Crippen LogP contribution in [0.25, 0.3) is 0 Å². The van der Waals surface area contributed by atoms with Gasteiger partial charge in [0.25, 0.3) is 10.0 Å². The number of rotatable bonds is 6. The van der Waals surface area contributed by atoms with Crippen molar-refractivity contribution < 1.29 is 13.2 Å². The van der Waals surface area contributed by atoms with Crippen molar-refractivity contribution >= 4 is 10.0 Å². The summed E-state index contributed by atoms with van der Waals surface area (Å²) in [4.78, 5) is 4.08. The number of methoxy groups -OCH3 is 1. The molecule has 1 atom stereocenters. The van der Waals surface area contributed by atoms with Crippen molar-refractivity contribution in [1.82, 2.24) is 14.6 Å². The van der Waals surface area contributed by atoms with Gasteiger partial charge in [-0.1, -0.05) is 6.07 Å². The van der Waals surface area contributed by atoms with E-state index in [-0.39, 0.29) is 10.9 Å². The Balaban J connectivity index is 2.10. The zero-order valence-corrected chi connectivity index (χ0v) is 12.7. The van der Waals surface area contributed by atoms with Gasteiger partial charge in [-0.2, -0.15) is 4.31 Å². The maximum absolute atomic E-state index is 12.5. The molecular weight excluding hydrogens is 278 g/mol. The van der Waals surface area contributed by atoms with Crippen LogP contribution in [-0.4, -0.2) is 51.6 Å². The molecular formula is C13H21N3O3S. The highest BCUT2D eigenvalue weighted by Gasteiger charge is 2.33. The lowest BCUT2D eigenvalue weighted by Gasteiger charge is -2.16. The second kappa shape index (κ2) is 6.62. The van der Waals surface area contributed by atoms with E-state index in [1.54, 1.807) is 25.4 Å². The minimum absolute atomic E-state index is 0.121. The van der Waals surface area contributed by atoms with Crippen LogP contribution in [0.15, 0.2) is 23.4 Å². The van der Waals surface area contributed by atoms with E-state index in [0.29, 0.717) is 26.2 Å². The molecule has 1 aliphatic heterocycles. The van der Waals surface area contributed by atoms with Gasteiger partial charge >= 0.3 is 0 Å². The first-order valence-corrected chi connectivity index (χ1v) is 8.10. The van der Waals surface area contributed by atoms with Gasteiger partial charge in [-0.05, 0) is 31.0 Å². The summed E-state index contributed by atoms with van der Waals surface area (Å²) in [6, 6.07) is 3.37. The molecule has 112 valence electrons. The summed E-state index contributed by atoms with van der Waals surface area (Å²) in [5.41, 5.74) is 0.963. The van der Waals surface area contributed by atoms with Crippen LogP contribution in [0.4, 0.5) is 0 Å². The summed E-state index contributed by atoms with van der Waals surface area (Å²) in [6.07, 6.45) is 2.44. The predicted octanol–water partition coefficient (Wildman–Crippen LogP) is 0.458. The minimum Gasteiger partial charge on any atom is -0.384 e. The predicted molar refractivity (Wildman–Crippen MR) is 75.7 cm³/mol. The molecule has 6 nitrogen and oxygen atoms in total. The second-order valence-electron chi connectivity index (χ2n) is 5.01. The van der Waals surface area contributed by atoms with Crippen molar-refractivity contribution in [3.63, 3.8) is 0 Å². The molecule has 0 amide bonds. The zero-order chi connectivity index (χ0) is 14.6. The van der Waals surface area contributed by atoms with Gasteiger partial charge in [-0.15, -0.1) is 0 Å². The summed E-state index contributed by atoms with van der Waals surface area (Å²) < 4.78 is 31.5. The second-order valence-corrected chi connectivity index (χ2v) is 6.89. The average molecular weight is 299 g/mol. The molecule has 2 heterocycles. The third-order valence-corrected chi connectivity index (χ3v) is 5.22. The maximum Gasteiger partial charge on any atom is 0.260 e. The Hall–Kier alpha value is -1.02. The van der Waals surface area contributed by atoms with Gasteiger partial charge in [0.05, 0.1) is 6.61 Å². The topological polar surface area (TPSA) is 71.5 Å². The molecule has 0 bridgehead atoms.